The lowest BCUT2D eigenvalue weighted by molar-refractivity contribution is 0.599. The molecule has 0 bridgehead atoms. The van der Waals surface area contributed by atoms with Gasteiger partial charge in [0, 0.05) is 0 Å². The Bertz CT molecular complexity index is 433. The van der Waals surface area contributed by atoms with Gasteiger partial charge in [-0.05, 0) is 19.1 Å². The van der Waals surface area contributed by atoms with E-state index in [1.807, 2.05) is 0 Å². The van der Waals surface area contributed by atoms with Gasteiger partial charge < -0.3 is 0 Å². The predicted molar refractivity (Wildman–Crippen MR) is 54.5 cm³/mol. The maximum absolute atomic E-state index is 13.2. The Morgan fingerprint density at radius 2 is 2.14 bits per heavy atom. The van der Waals surface area contributed by atoms with Gasteiger partial charge >= 0.3 is 0 Å². The summed E-state index contributed by atoms with van der Waals surface area (Å²) >= 11 is 5.48. The molecule has 1 aromatic carbocycles. The molecule has 0 aliphatic heterocycles. The molecule has 0 aliphatic carbocycles. The van der Waals surface area contributed by atoms with Gasteiger partial charge in [-0.1, -0.05) is 17.7 Å². The van der Waals surface area contributed by atoms with Crippen LogP contribution in [-0.4, -0.2) is 14.2 Å². The molecule has 0 fully saturated rings. The molecule has 14 heavy (non-hydrogen) atoms. The van der Waals surface area contributed by atoms with E-state index >= 15 is 0 Å². The summed E-state index contributed by atoms with van der Waals surface area (Å²) in [6.07, 6.45) is 0. The van der Waals surface area contributed by atoms with Gasteiger partial charge in [0.05, 0.1) is 16.5 Å². The molecule has 0 aromatic heterocycles. The Labute approximate surface area is 86.9 Å². The smallest absolute Gasteiger partial charge is 0.232 e. The van der Waals surface area contributed by atoms with E-state index in [0.717, 1.165) is 0 Å². The summed E-state index contributed by atoms with van der Waals surface area (Å²) in [5.74, 6) is -0.870. The van der Waals surface area contributed by atoms with E-state index in [-0.39, 0.29) is 16.5 Å². The van der Waals surface area contributed by atoms with Crippen LogP contribution in [0.15, 0.2) is 18.2 Å². The molecule has 0 atom stereocenters. The van der Waals surface area contributed by atoms with Crippen LogP contribution < -0.4 is 4.72 Å². The molecule has 78 valence electrons. The maximum atomic E-state index is 13.2. The molecule has 0 saturated heterocycles. The molecule has 0 aliphatic rings. The van der Waals surface area contributed by atoms with E-state index in [1.165, 1.54) is 25.1 Å². The van der Waals surface area contributed by atoms with Crippen molar-refractivity contribution in [2.75, 3.05) is 10.5 Å². The zero-order chi connectivity index (χ0) is 10.8. The number of benzene rings is 1. The second-order valence-electron chi connectivity index (χ2n) is 2.61. The van der Waals surface area contributed by atoms with Crippen molar-refractivity contribution in [2.24, 2.45) is 0 Å². The first-order chi connectivity index (χ1) is 6.46. The number of sulfonamides is 1. The lowest BCUT2D eigenvalue weighted by atomic mass is 10.3. The number of rotatable bonds is 3. The zero-order valence-electron chi connectivity index (χ0n) is 7.42. The Morgan fingerprint density at radius 3 is 2.71 bits per heavy atom. The minimum absolute atomic E-state index is 0.110. The fourth-order valence-electron chi connectivity index (χ4n) is 0.822. The number of hydrogen-bond donors (Lipinski definition) is 1. The van der Waals surface area contributed by atoms with Crippen molar-refractivity contribution < 1.29 is 12.8 Å². The molecule has 0 heterocycles. The molecule has 0 spiro atoms. The standard InChI is InChI=1S/C8H9ClFNO2S/c1-2-14(12,13)11-7-5-3-4-6(9)8(7)10/h3-5,11H,2H2,1H3. The average Bonchev–Trinajstić information content (AvgIpc) is 2.13. The molecular weight excluding hydrogens is 229 g/mol. The SMILES string of the molecule is CCS(=O)(=O)Nc1cccc(Cl)c1F. The normalized spacial score (nSPS) is 11.4. The van der Waals surface area contributed by atoms with E-state index in [4.69, 9.17) is 11.6 Å². The third-order valence-electron chi connectivity index (χ3n) is 1.60. The van der Waals surface area contributed by atoms with Crippen molar-refractivity contribution in [1.29, 1.82) is 0 Å². The van der Waals surface area contributed by atoms with Crippen molar-refractivity contribution in [3.8, 4) is 0 Å². The van der Waals surface area contributed by atoms with Crippen LogP contribution in [0, 0.1) is 5.82 Å². The van der Waals surface area contributed by atoms with Gasteiger partial charge in [0.1, 0.15) is 0 Å². The summed E-state index contributed by atoms with van der Waals surface area (Å²) in [7, 11) is -3.46. The molecule has 1 aromatic rings. The van der Waals surface area contributed by atoms with Crippen molar-refractivity contribution in [3.63, 3.8) is 0 Å². The predicted octanol–water partition coefficient (Wildman–Crippen LogP) is 2.24. The Hall–Kier alpha value is -0.810. The van der Waals surface area contributed by atoms with Crippen LogP contribution in [-0.2, 0) is 10.0 Å². The fourth-order valence-corrected chi connectivity index (χ4v) is 1.63. The molecule has 0 unspecified atom stereocenters. The molecule has 1 rings (SSSR count). The van der Waals surface area contributed by atoms with Crippen molar-refractivity contribution in [3.05, 3.63) is 29.0 Å². The minimum Gasteiger partial charge on any atom is -0.281 e. The summed E-state index contributed by atoms with van der Waals surface area (Å²) in [6, 6.07) is 4.13. The van der Waals surface area contributed by atoms with E-state index < -0.39 is 15.8 Å². The second kappa shape index (κ2) is 4.14. The van der Waals surface area contributed by atoms with Crippen LogP contribution in [0.3, 0.4) is 0 Å². The van der Waals surface area contributed by atoms with E-state index in [9.17, 15) is 12.8 Å². The van der Waals surface area contributed by atoms with E-state index in [1.54, 1.807) is 0 Å². The summed E-state index contributed by atoms with van der Waals surface area (Å²) in [5, 5.41) is -0.110. The van der Waals surface area contributed by atoms with Gasteiger partial charge in [0.15, 0.2) is 5.82 Å². The van der Waals surface area contributed by atoms with Gasteiger partial charge in [0.25, 0.3) is 0 Å². The fraction of sp³-hybridized carbons (Fsp3) is 0.250. The third kappa shape index (κ3) is 2.59. The maximum Gasteiger partial charge on any atom is 0.232 e. The van der Waals surface area contributed by atoms with Gasteiger partial charge in [-0.3, -0.25) is 4.72 Å². The van der Waals surface area contributed by atoms with Crippen LogP contribution in [0.4, 0.5) is 10.1 Å². The number of halogens is 2. The highest BCUT2D eigenvalue weighted by atomic mass is 35.5. The summed E-state index contributed by atoms with van der Waals surface area (Å²) in [4.78, 5) is 0. The van der Waals surface area contributed by atoms with Gasteiger partial charge in [-0.25, -0.2) is 12.8 Å². The molecular formula is C8H9ClFNO2S. The zero-order valence-corrected chi connectivity index (χ0v) is 8.99. The molecule has 6 heteroatoms. The molecule has 0 amide bonds. The van der Waals surface area contributed by atoms with Crippen molar-refractivity contribution in [2.45, 2.75) is 6.92 Å². The Morgan fingerprint density at radius 1 is 1.50 bits per heavy atom. The number of anilines is 1. The number of nitrogens with one attached hydrogen (secondary N) is 1. The van der Waals surface area contributed by atoms with Gasteiger partial charge in [-0.15, -0.1) is 0 Å². The van der Waals surface area contributed by atoms with Gasteiger partial charge in [0.2, 0.25) is 10.0 Å². The highest BCUT2D eigenvalue weighted by Crippen LogP contribution is 2.22. The first-order valence-corrected chi connectivity index (χ1v) is 5.94. The summed E-state index contributed by atoms with van der Waals surface area (Å²) in [6.45, 7) is 1.46. The lowest BCUT2D eigenvalue weighted by Crippen LogP contribution is -2.15. The van der Waals surface area contributed by atoms with Crippen LogP contribution in [0.25, 0.3) is 0 Å². The molecule has 0 radical (unpaired) electrons. The molecule has 3 nitrogen and oxygen atoms in total. The van der Waals surface area contributed by atoms with Crippen LogP contribution >= 0.6 is 11.6 Å². The Balaban J connectivity index is 3.05. The van der Waals surface area contributed by atoms with Crippen LogP contribution in [0.2, 0.25) is 5.02 Å². The first-order valence-electron chi connectivity index (χ1n) is 3.91. The molecule has 0 saturated carbocycles. The highest BCUT2D eigenvalue weighted by molar-refractivity contribution is 7.92. The van der Waals surface area contributed by atoms with Crippen LogP contribution in [0.1, 0.15) is 6.92 Å². The van der Waals surface area contributed by atoms with Crippen molar-refractivity contribution >= 4 is 27.3 Å². The summed E-state index contributed by atoms with van der Waals surface area (Å²) < 4.78 is 37.5. The van der Waals surface area contributed by atoms with Crippen LogP contribution in [0.5, 0.6) is 0 Å². The second-order valence-corrected chi connectivity index (χ2v) is 5.03. The minimum atomic E-state index is -3.46. The molecule has 1 N–H and O–H groups in total. The summed E-state index contributed by atoms with van der Waals surface area (Å²) in [5.41, 5.74) is -0.126. The largest absolute Gasteiger partial charge is 0.281 e. The lowest BCUT2D eigenvalue weighted by Gasteiger charge is -2.07. The number of hydrogen-bond acceptors (Lipinski definition) is 2. The van der Waals surface area contributed by atoms with E-state index in [0.29, 0.717) is 0 Å². The van der Waals surface area contributed by atoms with Crippen molar-refractivity contribution in [1.82, 2.24) is 0 Å². The first kappa shape index (κ1) is 11.3. The van der Waals surface area contributed by atoms with E-state index in [2.05, 4.69) is 4.72 Å². The third-order valence-corrected chi connectivity index (χ3v) is 3.18. The highest BCUT2D eigenvalue weighted by Gasteiger charge is 2.12. The quantitative estimate of drug-likeness (QED) is 0.877. The topological polar surface area (TPSA) is 46.2 Å². The monoisotopic (exact) mass is 237 g/mol. The average molecular weight is 238 g/mol. The van der Waals surface area contributed by atoms with Gasteiger partial charge in [-0.2, -0.15) is 0 Å². The Kier molecular flexibility index (Phi) is 3.34.